The third kappa shape index (κ3) is 3.48. The molecule has 0 radical (unpaired) electrons. The minimum absolute atomic E-state index is 0.880. The number of pyridine rings is 1. The number of anilines is 1. The first-order chi connectivity index (χ1) is 13.7. The van der Waals surface area contributed by atoms with Crippen LogP contribution >= 0.6 is 0 Å². The standard InChI is InChI=1S/C21H25N7/c1-23-14-18(13-22)16-3-4-17-15-25-28(20(17)11-16)19-5-6-24-21(12-19)27-9-7-26(2)8-10-27/h3-6,11-15H,7-10,22H2,1-2H3/b18-13+,23-14?. The molecule has 1 saturated heterocycles. The number of allylic oxidation sites excluding steroid dienone is 1. The van der Waals surface area contributed by atoms with Crippen LogP contribution in [0.1, 0.15) is 5.56 Å². The summed E-state index contributed by atoms with van der Waals surface area (Å²) in [5.74, 6) is 0.992. The quantitative estimate of drug-likeness (QED) is 0.708. The number of nitrogens with two attached hydrogens (primary N) is 1. The minimum atomic E-state index is 0.880. The smallest absolute Gasteiger partial charge is 0.130 e. The molecule has 2 N–H and O–H groups in total. The van der Waals surface area contributed by atoms with Gasteiger partial charge in [-0.2, -0.15) is 5.10 Å². The summed E-state index contributed by atoms with van der Waals surface area (Å²) in [5.41, 5.74) is 9.69. The molecule has 4 rings (SSSR count). The maximum atomic E-state index is 5.78. The average molecular weight is 375 g/mol. The first kappa shape index (κ1) is 18.2. The highest BCUT2D eigenvalue weighted by Gasteiger charge is 2.16. The Morgan fingerprint density at radius 3 is 2.71 bits per heavy atom. The van der Waals surface area contributed by atoms with E-state index in [4.69, 9.17) is 5.73 Å². The Hall–Kier alpha value is -3.19. The summed E-state index contributed by atoms with van der Waals surface area (Å²) in [6.45, 7) is 4.07. The van der Waals surface area contributed by atoms with Gasteiger partial charge in [0.15, 0.2) is 0 Å². The van der Waals surface area contributed by atoms with Gasteiger partial charge in [-0.3, -0.25) is 4.99 Å². The lowest BCUT2D eigenvalue weighted by atomic mass is 10.1. The molecule has 144 valence electrons. The Bertz CT molecular complexity index is 1030. The van der Waals surface area contributed by atoms with Crippen molar-refractivity contribution in [2.24, 2.45) is 10.7 Å². The first-order valence-corrected chi connectivity index (χ1v) is 9.42. The molecule has 0 amide bonds. The second-order valence-electron chi connectivity index (χ2n) is 7.00. The maximum absolute atomic E-state index is 5.78. The lowest BCUT2D eigenvalue weighted by Crippen LogP contribution is -2.44. The van der Waals surface area contributed by atoms with Gasteiger partial charge in [0, 0.05) is 68.9 Å². The van der Waals surface area contributed by atoms with Crippen LogP contribution in [0.5, 0.6) is 0 Å². The molecule has 1 aromatic carbocycles. The summed E-state index contributed by atoms with van der Waals surface area (Å²) in [5, 5.41) is 5.69. The van der Waals surface area contributed by atoms with Crippen molar-refractivity contribution in [2.75, 3.05) is 45.2 Å². The lowest BCUT2D eigenvalue weighted by Gasteiger charge is -2.33. The zero-order valence-electron chi connectivity index (χ0n) is 16.3. The van der Waals surface area contributed by atoms with E-state index in [0.29, 0.717) is 0 Å². The largest absolute Gasteiger partial charge is 0.404 e. The van der Waals surface area contributed by atoms with Gasteiger partial charge >= 0.3 is 0 Å². The topological polar surface area (TPSA) is 75.6 Å². The number of hydrogen-bond acceptors (Lipinski definition) is 6. The van der Waals surface area contributed by atoms with Crippen molar-refractivity contribution in [2.45, 2.75) is 0 Å². The highest BCUT2D eigenvalue weighted by molar-refractivity contribution is 6.10. The number of rotatable bonds is 4. The third-order valence-corrected chi connectivity index (χ3v) is 5.15. The van der Waals surface area contributed by atoms with Crippen molar-refractivity contribution in [3.05, 3.63) is 54.5 Å². The van der Waals surface area contributed by atoms with Crippen LogP contribution in [0.4, 0.5) is 5.82 Å². The highest BCUT2D eigenvalue weighted by atomic mass is 15.3. The van der Waals surface area contributed by atoms with Gasteiger partial charge in [0.25, 0.3) is 0 Å². The van der Waals surface area contributed by atoms with Crippen LogP contribution in [0.3, 0.4) is 0 Å². The molecule has 0 spiro atoms. The average Bonchev–Trinajstić information content (AvgIpc) is 3.16. The fourth-order valence-corrected chi connectivity index (χ4v) is 3.50. The fourth-order valence-electron chi connectivity index (χ4n) is 3.50. The molecule has 3 heterocycles. The van der Waals surface area contributed by atoms with Crippen molar-refractivity contribution in [1.82, 2.24) is 19.7 Å². The number of aliphatic imine (C=N–C) groups is 1. The summed E-state index contributed by atoms with van der Waals surface area (Å²) in [4.78, 5) is 13.3. The zero-order chi connectivity index (χ0) is 19.5. The number of hydrogen-bond donors (Lipinski definition) is 1. The number of likely N-dealkylation sites (N-methyl/N-ethyl adjacent to an activating group) is 1. The Morgan fingerprint density at radius 1 is 1.14 bits per heavy atom. The van der Waals surface area contributed by atoms with E-state index in [1.165, 1.54) is 0 Å². The summed E-state index contributed by atoms with van der Waals surface area (Å²) < 4.78 is 1.96. The fraction of sp³-hybridized carbons (Fsp3) is 0.286. The molecule has 3 aromatic rings. The Kier molecular flexibility index (Phi) is 5.08. The van der Waals surface area contributed by atoms with Crippen LogP contribution in [0.15, 0.2) is 53.9 Å². The van der Waals surface area contributed by atoms with Gasteiger partial charge in [0.1, 0.15) is 5.82 Å². The van der Waals surface area contributed by atoms with Crippen LogP contribution in [0, 0.1) is 0 Å². The molecule has 28 heavy (non-hydrogen) atoms. The monoisotopic (exact) mass is 375 g/mol. The predicted molar refractivity (Wildman–Crippen MR) is 115 cm³/mol. The van der Waals surface area contributed by atoms with Crippen molar-refractivity contribution in [1.29, 1.82) is 0 Å². The van der Waals surface area contributed by atoms with Gasteiger partial charge in [-0.05, 0) is 24.7 Å². The lowest BCUT2D eigenvalue weighted by molar-refractivity contribution is 0.312. The molecular weight excluding hydrogens is 350 g/mol. The Labute approximate surface area is 164 Å². The van der Waals surface area contributed by atoms with E-state index in [1.807, 2.05) is 29.2 Å². The summed E-state index contributed by atoms with van der Waals surface area (Å²) in [7, 11) is 3.89. The van der Waals surface area contributed by atoms with Gasteiger partial charge in [-0.25, -0.2) is 9.67 Å². The van der Waals surface area contributed by atoms with Crippen molar-refractivity contribution >= 4 is 28.5 Å². The van der Waals surface area contributed by atoms with E-state index in [9.17, 15) is 0 Å². The minimum Gasteiger partial charge on any atom is -0.404 e. The highest BCUT2D eigenvalue weighted by Crippen LogP contribution is 2.24. The molecule has 7 heteroatoms. The third-order valence-electron chi connectivity index (χ3n) is 5.15. The molecule has 0 atom stereocenters. The summed E-state index contributed by atoms with van der Waals surface area (Å²) in [6.07, 6.45) is 7.08. The van der Waals surface area contributed by atoms with Crippen LogP contribution < -0.4 is 10.6 Å². The molecular formula is C21H25N7. The number of nitrogens with zero attached hydrogens (tertiary/aromatic N) is 6. The Balaban J connectivity index is 1.72. The van der Waals surface area contributed by atoms with Gasteiger partial charge in [0.2, 0.25) is 0 Å². The number of benzene rings is 1. The molecule has 1 aliphatic heterocycles. The van der Waals surface area contributed by atoms with E-state index in [1.54, 1.807) is 19.5 Å². The Morgan fingerprint density at radius 2 is 1.96 bits per heavy atom. The van der Waals surface area contributed by atoms with E-state index < -0.39 is 0 Å². The number of aromatic nitrogens is 3. The van der Waals surface area contributed by atoms with Crippen LogP contribution in [0.25, 0.3) is 22.2 Å². The second kappa shape index (κ2) is 7.82. The van der Waals surface area contributed by atoms with Crippen molar-refractivity contribution in [3.63, 3.8) is 0 Å². The predicted octanol–water partition coefficient (Wildman–Crippen LogP) is 2.17. The van der Waals surface area contributed by atoms with Gasteiger partial charge < -0.3 is 15.5 Å². The van der Waals surface area contributed by atoms with Gasteiger partial charge in [-0.15, -0.1) is 0 Å². The zero-order valence-corrected chi connectivity index (χ0v) is 16.3. The number of piperazine rings is 1. The maximum Gasteiger partial charge on any atom is 0.130 e. The molecule has 2 aromatic heterocycles. The van der Waals surface area contributed by atoms with Crippen molar-refractivity contribution < 1.29 is 0 Å². The van der Waals surface area contributed by atoms with Crippen LogP contribution in [-0.4, -0.2) is 66.2 Å². The SMILES string of the molecule is CN=C/C(=C\N)c1ccc2cnn(-c3ccnc(N4CCN(C)CC4)c3)c2c1. The van der Waals surface area contributed by atoms with E-state index in [2.05, 4.69) is 50.1 Å². The summed E-state index contributed by atoms with van der Waals surface area (Å²) in [6, 6.07) is 10.3. The number of fused-ring (bicyclic) bond motifs is 1. The summed E-state index contributed by atoms with van der Waals surface area (Å²) >= 11 is 0. The molecule has 0 bridgehead atoms. The second-order valence-corrected chi connectivity index (χ2v) is 7.00. The molecule has 0 aliphatic carbocycles. The molecule has 7 nitrogen and oxygen atoms in total. The normalized spacial score (nSPS) is 16.4. The van der Waals surface area contributed by atoms with E-state index in [0.717, 1.165) is 59.7 Å². The van der Waals surface area contributed by atoms with Crippen LogP contribution in [-0.2, 0) is 0 Å². The van der Waals surface area contributed by atoms with Gasteiger partial charge in [-0.1, -0.05) is 12.1 Å². The first-order valence-electron chi connectivity index (χ1n) is 9.42. The van der Waals surface area contributed by atoms with Crippen LogP contribution in [0.2, 0.25) is 0 Å². The molecule has 1 fully saturated rings. The van der Waals surface area contributed by atoms with Crippen molar-refractivity contribution in [3.8, 4) is 5.69 Å². The molecule has 0 unspecified atom stereocenters. The van der Waals surface area contributed by atoms with E-state index >= 15 is 0 Å². The molecule has 0 saturated carbocycles. The van der Waals surface area contributed by atoms with E-state index in [-0.39, 0.29) is 0 Å². The van der Waals surface area contributed by atoms with Gasteiger partial charge in [0.05, 0.1) is 17.4 Å². The molecule has 1 aliphatic rings.